The summed E-state index contributed by atoms with van der Waals surface area (Å²) in [7, 11) is 0. The number of benzene rings is 1. The van der Waals surface area contributed by atoms with Crippen molar-refractivity contribution in [3.63, 3.8) is 0 Å². The van der Waals surface area contributed by atoms with Crippen LogP contribution in [0.25, 0.3) is 0 Å². The zero-order valence-corrected chi connectivity index (χ0v) is 7.99. The summed E-state index contributed by atoms with van der Waals surface area (Å²) in [6.07, 6.45) is 0. The Labute approximate surface area is 82.5 Å². The van der Waals surface area contributed by atoms with Crippen LogP contribution in [0.15, 0.2) is 24.3 Å². The quantitative estimate of drug-likeness (QED) is 0.713. The van der Waals surface area contributed by atoms with Crippen LogP contribution in [0.4, 0.5) is 5.69 Å². The van der Waals surface area contributed by atoms with Crippen molar-refractivity contribution in [1.82, 2.24) is 0 Å². The van der Waals surface area contributed by atoms with Crippen LogP contribution in [0.2, 0.25) is 0 Å². The molecule has 0 atom stereocenters. The molecule has 0 bridgehead atoms. The van der Waals surface area contributed by atoms with E-state index in [1.807, 2.05) is 6.92 Å². The van der Waals surface area contributed by atoms with Gasteiger partial charge in [0.1, 0.15) is 12.4 Å². The molecule has 1 aromatic carbocycles. The second-order valence-corrected chi connectivity index (χ2v) is 2.73. The van der Waals surface area contributed by atoms with E-state index in [0.29, 0.717) is 12.3 Å². The molecular weight excluding hydrogens is 182 g/mol. The molecule has 4 heteroatoms. The maximum absolute atomic E-state index is 11.2. The lowest BCUT2D eigenvalue weighted by atomic mass is 10.3. The molecule has 0 aliphatic heterocycles. The highest BCUT2D eigenvalue weighted by molar-refractivity contribution is 5.91. The first kappa shape index (κ1) is 10.5. The number of rotatable bonds is 4. The number of hydrogen-bond acceptors (Lipinski definition) is 3. The Kier molecular flexibility index (Phi) is 3.94. The van der Waals surface area contributed by atoms with Crippen LogP contribution >= 0.6 is 0 Å². The van der Waals surface area contributed by atoms with Gasteiger partial charge in [-0.2, -0.15) is 0 Å². The smallest absolute Gasteiger partial charge is 0.250 e. The van der Waals surface area contributed by atoms with Crippen molar-refractivity contribution in [2.75, 3.05) is 18.5 Å². The molecular formula is C10H13NO3. The average molecular weight is 195 g/mol. The van der Waals surface area contributed by atoms with Gasteiger partial charge in [0, 0.05) is 12.3 Å². The molecule has 1 aromatic rings. The third-order valence-electron chi connectivity index (χ3n) is 1.59. The van der Waals surface area contributed by atoms with E-state index in [2.05, 4.69) is 5.32 Å². The Bertz CT molecular complexity index is 295. The van der Waals surface area contributed by atoms with Crippen molar-refractivity contribution in [1.29, 1.82) is 0 Å². The van der Waals surface area contributed by atoms with Crippen molar-refractivity contribution in [3.05, 3.63) is 24.3 Å². The van der Waals surface area contributed by atoms with Gasteiger partial charge in [-0.05, 0) is 31.2 Å². The monoisotopic (exact) mass is 195 g/mol. The molecule has 0 aromatic heterocycles. The van der Waals surface area contributed by atoms with Gasteiger partial charge >= 0.3 is 0 Å². The first-order valence-corrected chi connectivity index (χ1v) is 4.39. The summed E-state index contributed by atoms with van der Waals surface area (Å²) in [6.45, 7) is 2.40. The highest BCUT2D eigenvalue weighted by Gasteiger charge is 2.00. The largest absolute Gasteiger partial charge is 0.508 e. The van der Waals surface area contributed by atoms with Crippen molar-refractivity contribution in [2.24, 2.45) is 0 Å². The molecule has 0 saturated heterocycles. The normalized spacial score (nSPS) is 9.79. The van der Waals surface area contributed by atoms with Gasteiger partial charge in [-0.1, -0.05) is 0 Å². The minimum atomic E-state index is -0.197. The van der Waals surface area contributed by atoms with Gasteiger partial charge in [0.15, 0.2) is 0 Å². The van der Waals surface area contributed by atoms with Crippen LogP contribution in [0.5, 0.6) is 5.75 Å². The number of aromatic hydroxyl groups is 1. The summed E-state index contributed by atoms with van der Waals surface area (Å²) in [5.41, 5.74) is 0.646. The van der Waals surface area contributed by atoms with E-state index in [0.717, 1.165) is 0 Å². The number of carbonyl (C=O) groups excluding carboxylic acids is 1. The third kappa shape index (κ3) is 3.45. The molecule has 0 fully saturated rings. The number of hydrogen-bond donors (Lipinski definition) is 2. The highest BCUT2D eigenvalue weighted by atomic mass is 16.5. The summed E-state index contributed by atoms with van der Waals surface area (Å²) in [4.78, 5) is 11.2. The Hall–Kier alpha value is -1.55. The van der Waals surface area contributed by atoms with E-state index >= 15 is 0 Å². The number of anilines is 1. The van der Waals surface area contributed by atoms with E-state index in [4.69, 9.17) is 9.84 Å². The van der Waals surface area contributed by atoms with E-state index in [1.165, 1.54) is 12.1 Å². The van der Waals surface area contributed by atoms with Crippen LogP contribution in [0.1, 0.15) is 6.92 Å². The van der Waals surface area contributed by atoms with Crippen molar-refractivity contribution in [3.8, 4) is 5.75 Å². The minimum Gasteiger partial charge on any atom is -0.508 e. The highest BCUT2D eigenvalue weighted by Crippen LogP contribution is 2.13. The first-order chi connectivity index (χ1) is 6.72. The Morgan fingerprint density at radius 2 is 2.07 bits per heavy atom. The molecule has 4 nitrogen and oxygen atoms in total. The molecule has 1 rings (SSSR count). The predicted octanol–water partition coefficient (Wildman–Crippen LogP) is 1.37. The number of amides is 1. The zero-order valence-electron chi connectivity index (χ0n) is 7.99. The van der Waals surface area contributed by atoms with E-state index in [9.17, 15) is 4.79 Å². The van der Waals surface area contributed by atoms with Gasteiger partial charge in [-0.15, -0.1) is 0 Å². The SMILES string of the molecule is CCOCC(=O)Nc1ccc(O)cc1. The standard InChI is InChI=1S/C10H13NO3/c1-2-14-7-10(13)11-8-3-5-9(12)6-4-8/h3-6,12H,2,7H2,1H3,(H,11,13). The fourth-order valence-corrected chi connectivity index (χ4v) is 0.937. The predicted molar refractivity (Wildman–Crippen MR) is 53.2 cm³/mol. The van der Waals surface area contributed by atoms with E-state index in [-0.39, 0.29) is 18.3 Å². The molecule has 0 aliphatic rings. The summed E-state index contributed by atoms with van der Waals surface area (Å²) >= 11 is 0. The van der Waals surface area contributed by atoms with Gasteiger partial charge < -0.3 is 15.2 Å². The Balaban J connectivity index is 2.44. The molecule has 14 heavy (non-hydrogen) atoms. The minimum absolute atomic E-state index is 0.0530. The number of carbonyl (C=O) groups is 1. The second-order valence-electron chi connectivity index (χ2n) is 2.73. The van der Waals surface area contributed by atoms with Crippen molar-refractivity contribution in [2.45, 2.75) is 6.92 Å². The lowest BCUT2D eigenvalue weighted by molar-refractivity contribution is -0.120. The lowest BCUT2D eigenvalue weighted by Gasteiger charge is -2.04. The molecule has 0 heterocycles. The molecule has 0 aliphatic carbocycles. The second kappa shape index (κ2) is 5.24. The molecule has 76 valence electrons. The maximum atomic E-state index is 11.2. The molecule has 2 N–H and O–H groups in total. The Morgan fingerprint density at radius 3 is 2.64 bits per heavy atom. The summed E-state index contributed by atoms with van der Waals surface area (Å²) in [5.74, 6) is -0.0228. The zero-order chi connectivity index (χ0) is 10.4. The fourth-order valence-electron chi connectivity index (χ4n) is 0.937. The van der Waals surface area contributed by atoms with Gasteiger partial charge in [-0.3, -0.25) is 4.79 Å². The number of phenolic OH excluding ortho intramolecular Hbond substituents is 1. The van der Waals surface area contributed by atoms with Crippen LogP contribution < -0.4 is 5.32 Å². The van der Waals surface area contributed by atoms with E-state index in [1.54, 1.807) is 12.1 Å². The topological polar surface area (TPSA) is 58.6 Å². The molecule has 0 saturated carbocycles. The number of nitrogens with one attached hydrogen (secondary N) is 1. The first-order valence-electron chi connectivity index (χ1n) is 4.39. The summed E-state index contributed by atoms with van der Waals surface area (Å²) in [6, 6.07) is 6.27. The molecule has 0 unspecified atom stereocenters. The number of ether oxygens (including phenoxy) is 1. The Morgan fingerprint density at radius 1 is 1.43 bits per heavy atom. The van der Waals surface area contributed by atoms with Crippen LogP contribution in [0, 0.1) is 0 Å². The lowest BCUT2D eigenvalue weighted by Crippen LogP contribution is -2.17. The summed E-state index contributed by atoms with van der Waals surface area (Å²) in [5, 5.41) is 11.6. The summed E-state index contributed by atoms with van der Waals surface area (Å²) < 4.78 is 4.93. The fraction of sp³-hybridized carbons (Fsp3) is 0.300. The molecule has 1 amide bonds. The molecule has 0 spiro atoms. The molecule has 0 radical (unpaired) electrons. The van der Waals surface area contributed by atoms with Crippen molar-refractivity contribution < 1.29 is 14.6 Å². The van der Waals surface area contributed by atoms with Crippen LogP contribution in [0.3, 0.4) is 0 Å². The third-order valence-corrected chi connectivity index (χ3v) is 1.59. The number of phenols is 1. The van der Waals surface area contributed by atoms with Gasteiger partial charge in [-0.25, -0.2) is 0 Å². The van der Waals surface area contributed by atoms with Gasteiger partial charge in [0.2, 0.25) is 5.91 Å². The van der Waals surface area contributed by atoms with Crippen LogP contribution in [-0.2, 0) is 9.53 Å². The maximum Gasteiger partial charge on any atom is 0.250 e. The van der Waals surface area contributed by atoms with Gasteiger partial charge in [0.05, 0.1) is 0 Å². The average Bonchev–Trinajstić information content (AvgIpc) is 2.18. The van der Waals surface area contributed by atoms with E-state index < -0.39 is 0 Å². The van der Waals surface area contributed by atoms with Gasteiger partial charge in [0.25, 0.3) is 0 Å². The van der Waals surface area contributed by atoms with Crippen molar-refractivity contribution >= 4 is 11.6 Å². The van der Waals surface area contributed by atoms with Crippen LogP contribution in [-0.4, -0.2) is 24.2 Å².